The van der Waals surface area contributed by atoms with Crippen molar-refractivity contribution in [2.75, 3.05) is 11.1 Å². The number of carbonyl (C=O) groups excluding carboxylic acids is 1. The summed E-state index contributed by atoms with van der Waals surface area (Å²) in [6, 6.07) is 13.5. The van der Waals surface area contributed by atoms with Crippen LogP contribution in [0.25, 0.3) is 10.9 Å². The topological polar surface area (TPSA) is 77.1 Å². The molecule has 0 aliphatic rings. The molecule has 0 saturated heterocycles. The Morgan fingerprint density at radius 3 is 2.57 bits per heavy atom. The number of aromatic nitrogens is 1. The molecule has 3 N–H and O–H groups in total. The molecule has 1 aromatic heterocycles. The first-order valence-electron chi connectivity index (χ1n) is 6.92. The largest absolute Gasteiger partial charge is 0.398 e. The lowest BCUT2D eigenvalue weighted by molar-refractivity contribution is 0.102. The van der Waals surface area contributed by atoms with Crippen LogP contribution in [0.5, 0.6) is 0 Å². The Hall–Kier alpha value is -2.79. The molecule has 1 heterocycles. The number of pyridine rings is 1. The maximum Gasteiger partial charge on any atom is 0.263 e. The number of amides is 1. The Balaban J connectivity index is 2.07. The smallest absolute Gasteiger partial charge is 0.263 e. The molecular weight excluding hydrogens is 314 g/mol. The highest BCUT2D eigenvalue weighted by Crippen LogP contribution is 2.20. The van der Waals surface area contributed by atoms with Crippen molar-refractivity contribution in [2.45, 2.75) is 0 Å². The number of nitrogens with two attached hydrogens (primary N) is 1. The number of hydrogen-bond donors (Lipinski definition) is 2. The number of rotatable bonds is 2. The third-order valence-corrected chi connectivity index (χ3v) is 3.90. The Labute approximate surface area is 137 Å². The Morgan fingerprint density at radius 2 is 1.87 bits per heavy atom. The van der Waals surface area contributed by atoms with Gasteiger partial charge in [-0.1, -0.05) is 17.7 Å². The average Bonchev–Trinajstić information content (AvgIpc) is 2.53. The number of fused-ring (bicyclic) bond motifs is 1. The predicted octanol–water partition coefficient (Wildman–Crippen LogP) is 3.03. The third-order valence-electron chi connectivity index (χ3n) is 3.65. The van der Waals surface area contributed by atoms with E-state index < -0.39 is 5.91 Å². The highest BCUT2D eigenvalue weighted by Gasteiger charge is 2.15. The van der Waals surface area contributed by atoms with E-state index in [0.29, 0.717) is 27.3 Å². The van der Waals surface area contributed by atoms with Crippen LogP contribution >= 0.6 is 11.6 Å². The standard InChI is InChI=1S/C17H14ClN3O2/c1-21-15-4-2-3-14(19)12(15)9-13(17(21)23)16(22)20-11-7-5-10(18)6-8-11/h2-9H,19H2,1H3,(H,20,22). The molecule has 0 saturated carbocycles. The fourth-order valence-corrected chi connectivity index (χ4v) is 2.54. The summed E-state index contributed by atoms with van der Waals surface area (Å²) in [6.45, 7) is 0. The van der Waals surface area contributed by atoms with Crippen LogP contribution in [0.1, 0.15) is 10.4 Å². The second kappa shape index (κ2) is 5.78. The van der Waals surface area contributed by atoms with Crippen LogP contribution in [0, 0.1) is 0 Å². The Kier molecular flexibility index (Phi) is 3.80. The molecule has 0 aliphatic heterocycles. The summed E-state index contributed by atoms with van der Waals surface area (Å²) in [4.78, 5) is 24.8. The van der Waals surface area contributed by atoms with Crippen molar-refractivity contribution in [3.8, 4) is 0 Å². The number of anilines is 2. The van der Waals surface area contributed by atoms with Crippen molar-refractivity contribution in [3.05, 3.63) is 69.5 Å². The first-order valence-corrected chi connectivity index (χ1v) is 7.30. The van der Waals surface area contributed by atoms with Crippen molar-refractivity contribution in [1.82, 2.24) is 4.57 Å². The van der Waals surface area contributed by atoms with Gasteiger partial charge in [0.05, 0.1) is 5.52 Å². The number of nitrogens with zero attached hydrogens (tertiary/aromatic N) is 1. The Bertz CT molecular complexity index is 962. The molecule has 3 rings (SSSR count). The monoisotopic (exact) mass is 327 g/mol. The van der Waals surface area contributed by atoms with Crippen molar-refractivity contribution >= 4 is 39.8 Å². The molecule has 0 radical (unpaired) electrons. The maximum atomic E-state index is 12.4. The van der Waals surface area contributed by atoms with E-state index in [1.54, 1.807) is 49.5 Å². The van der Waals surface area contributed by atoms with Gasteiger partial charge in [0, 0.05) is 28.8 Å². The Morgan fingerprint density at radius 1 is 1.17 bits per heavy atom. The molecule has 23 heavy (non-hydrogen) atoms. The van der Waals surface area contributed by atoms with E-state index in [9.17, 15) is 9.59 Å². The zero-order chi connectivity index (χ0) is 16.6. The summed E-state index contributed by atoms with van der Waals surface area (Å²) in [5.74, 6) is -0.488. The van der Waals surface area contributed by atoms with Crippen LogP contribution in [-0.4, -0.2) is 10.5 Å². The molecular formula is C17H14ClN3O2. The lowest BCUT2D eigenvalue weighted by Crippen LogP contribution is -2.28. The molecule has 0 fully saturated rings. The number of aryl methyl sites for hydroxylation is 1. The molecule has 3 aromatic rings. The van der Waals surface area contributed by atoms with Crippen LogP contribution in [0.3, 0.4) is 0 Å². The lowest BCUT2D eigenvalue weighted by Gasteiger charge is -2.11. The summed E-state index contributed by atoms with van der Waals surface area (Å²) < 4.78 is 1.42. The van der Waals surface area contributed by atoms with E-state index in [4.69, 9.17) is 17.3 Å². The predicted molar refractivity (Wildman–Crippen MR) is 93.0 cm³/mol. The van der Waals surface area contributed by atoms with E-state index in [1.807, 2.05) is 0 Å². The molecule has 0 unspecified atom stereocenters. The van der Waals surface area contributed by atoms with Crippen LogP contribution in [-0.2, 0) is 7.05 Å². The number of benzene rings is 2. The minimum atomic E-state index is -0.488. The second-order valence-corrected chi connectivity index (χ2v) is 5.60. The van der Waals surface area contributed by atoms with Gasteiger partial charge in [0.15, 0.2) is 0 Å². The van der Waals surface area contributed by atoms with Gasteiger partial charge in [-0.2, -0.15) is 0 Å². The molecule has 0 atom stereocenters. The maximum absolute atomic E-state index is 12.4. The van der Waals surface area contributed by atoms with Crippen molar-refractivity contribution in [3.63, 3.8) is 0 Å². The number of hydrogen-bond acceptors (Lipinski definition) is 3. The fourth-order valence-electron chi connectivity index (χ4n) is 2.41. The molecule has 0 spiro atoms. The van der Waals surface area contributed by atoms with Gasteiger partial charge in [0.2, 0.25) is 0 Å². The SMILES string of the molecule is Cn1c(=O)c(C(=O)Nc2ccc(Cl)cc2)cc2c(N)cccc21. The molecule has 6 heteroatoms. The first-order chi connectivity index (χ1) is 11.0. The zero-order valence-corrected chi connectivity index (χ0v) is 13.1. The van der Waals surface area contributed by atoms with E-state index in [1.165, 1.54) is 10.6 Å². The van der Waals surface area contributed by atoms with Gasteiger partial charge in [0.25, 0.3) is 11.5 Å². The highest BCUT2D eigenvalue weighted by atomic mass is 35.5. The van der Waals surface area contributed by atoms with E-state index >= 15 is 0 Å². The zero-order valence-electron chi connectivity index (χ0n) is 12.3. The van der Waals surface area contributed by atoms with Crippen LogP contribution in [0.15, 0.2) is 53.3 Å². The van der Waals surface area contributed by atoms with Gasteiger partial charge in [-0.05, 0) is 42.5 Å². The molecule has 116 valence electrons. The lowest BCUT2D eigenvalue weighted by atomic mass is 10.1. The summed E-state index contributed by atoms with van der Waals surface area (Å²) in [5.41, 5.74) is 7.36. The number of nitrogen functional groups attached to an aromatic ring is 1. The van der Waals surface area contributed by atoms with Gasteiger partial charge in [-0.15, -0.1) is 0 Å². The van der Waals surface area contributed by atoms with Crippen molar-refractivity contribution in [1.29, 1.82) is 0 Å². The molecule has 0 aliphatic carbocycles. The van der Waals surface area contributed by atoms with Gasteiger partial charge in [0.1, 0.15) is 5.56 Å². The minimum Gasteiger partial charge on any atom is -0.398 e. The number of nitrogens with one attached hydrogen (secondary N) is 1. The quantitative estimate of drug-likeness (QED) is 0.710. The van der Waals surface area contributed by atoms with Gasteiger partial charge >= 0.3 is 0 Å². The molecule has 5 nitrogen and oxygen atoms in total. The average molecular weight is 328 g/mol. The van der Waals surface area contributed by atoms with E-state index in [0.717, 1.165) is 0 Å². The van der Waals surface area contributed by atoms with Crippen LogP contribution < -0.4 is 16.6 Å². The normalized spacial score (nSPS) is 10.7. The van der Waals surface area contributed by atoms with Crippen molar-refractivity contribution < 1.29 is 4.79 Å². The molecule has 1 amide bonds. The first kappa shape index (κ1) is 15.1. The third kappa shape index (κ3) is 2.78. The number of carbonyl (C=O) groups is 1. The minimum absolute atomic E-state index is 0.0350. The summed E-state index contributed by atoms with van der Waals surface area (Å²) >= 11 is 5.81. The van der Waals surface area contributed by atoms with Gasteiger partial charge in [-0.25, -0.2) is 0 Å². The summed E-state index contributed by atoms with van der Waals surface area (Å²) in [5, 5.41) is 3.92. The molecule has 2 aromatic carbocycles. The van der Waals surface area contributed by atoms with Crippen LogP contribution in [0.2, 0.25) is 5.02 Å². The summed E-state index contributed by atoms with van der Waals surface area (Å²) in [7, 11) is 1.61. The van der Waals surface area contributed by atoms with E-state index in [-0.39, 0.29) is 11.1 Å². The molecule has 0 bridgehead atoms. The van der Waals surface area contributed by atoms with Crippen molar-refractivity contribution in [2.24, 2.45) is 7.05 Å². The highest BCUT2D eigenvalue weighted by molar-refractivity contribution is 6.30. The summed E-state index contributed by atoms with van der Waals surface area (Å²) in [6.07, 6.45) is 0. The second-order valence-electron chi connectivity index (χ2n) is 5.16. The number of halogens is 1. The van der Waals surface area contributed by atoms with Crippen LogP contribution in [0.4, 0.5) is 11.4 Å². The van der Waals surface area contributed by atoms with Gasteiger partial charge < -0.3 is 15.6 Å². The van der Waals surface area contributed by atoms with E-state index in [2.05, 4.69) is 5.32 Å². The van der Waals surface area contributed by atoms with Gasteiger partial charge in [-0.3, -0.25) is 9.59 Å². The fraction of sp³-hybridized carbons (Fsp3) is 0.0588.